The van der Waals surface area contributed by atoms with Crippen LogP contribution < -0.4 is 10.7 Å². The number of nitrogens with one attached hydrogen (secondary N) is 1. The largest absolute Gasteiger partial charge is 0.416 e. The van der Waals surface area contributed by atoms with E-state index >= 15 is 0 Å². The predicted octanol–water partition coefficient (Wildman–Crippen LogP) is 2.92. The minimum absolute atomic E-state index is 0.0597. The average Bonchev–Trinajstić information content (AvgIpc) is 3.08. The normalized spacial score (nSPS) is 12.1. The summed E-state index contributed by atoms with van der Waals surface area (Å²) in [6.45, 7) is 6.30. The lowest BCUT2D eigenvalue weighted by molar-refractivity contribution is -0.137. The van der Waals surface area contributed by atoms with E-state index in [1.807, 2.05) is 0 Å². The quantitative estimate of drug-likeness (QED) is 0.695. The van der Waals surface area contributed by atoms with Gasteiger partial charge < -0.3 is 9.84 Å². The topological polar surface area (TPSA) is 103 Å². The lowest BCUT2D eigenvalue weighted by Gasteiger charge is -2.22. The number of hydrogen-bond donors (Lipinski definition) is 1. The summed E-state index contributed by atoms with van der Waals surface area (Å²) in [5, 5.41) is 10.4. The molecule has 0 atom stereocenters. The van der Waals surface area contributed by atoms with E-state index in [1.165, 1.54) is 19.1 Å². The maximum atomic E-state index is 13.0. The molecule has 0 aliphatic rings. The Kier molecular flexibility index (Phi) is 5.23. The third-order valence-electron chi connectivity index (χ3n) is 4.25. The Morgan fingerprint density at radius 1 is 1.17 bits per heavy atom. The Hall–Kier alpha value is -3.50. The molecular weight excluding hydrogens is 403 g/mol. The molecule has 2 aromatic heterocycles. The van der Waals surface area contributed by atoms with Crippen molar-refractivity contribution in [1.82, 2.24) is 25.2 Å². The van der Waals surface area contributed by atoms with Crippen LogP contribution in [0.5, 0.6) is 0 Å². The van der Waals surface area contributed by atoms with Gasteiger partial charge in [-0.1, -0.05) is 11.2 Å². The van der Waals surface area contributed by atoms with Gasteiger partial charge in [0.1, 0.15) is 0 Å². The second kappa shape index (κ2) is 7.39. The van der Waals surface area contributed by atoms with Crippen LogP contribution in [0, 0.1) is 13.8 Å². The van der Waals surface area contributed by atoms with E-state index in [0.717, 1.165) is 22.9 Å². The van der Waals surface area contributed by atoms with Crippen molar-refractivity contribution in [3.8, 4) is 5.69 Å². The van der Waals surface area contributed by atoms with E-state index in [-0.39, 0.29) is 17.2 Å². The second-order valence-corrected chi connectivity index (χ2v) is 7.17. The molecule has 0 unspecified atom stereocenters. The van der Waals surface area contributed by atoms with Gasteiger partial charge in [0.05, 0.1) is 16.8 Å². The zero-order valence-electron chi connectivity index (χ0n) is 16.5. The van der Waals surface area contributed by atoms with E-state index in [0.29, 0.717) is 5.89 Å². The van der Waals surface area contributed by atoms with Crippen molar-refractivity contribution in [1.29, 1.82) is 0 Å². The first-order valence-electron chi connectivity index (χ1n) is 8.80. The molecule has 0 spiro atoms. The van der Waals surface area contributed by atoms with Crippen LogP contribution in [0.25, 0.3) is 5.69 Å². The van der Waals surface area contributed by atoms with Crippen LogP contribution in [0.3, 0.4) is 0 Å². The minimum atomic E-state index is -4.55. The van der Waals surface area contributed by atoms with E-state index in [9.17, 15) is 22.8 Å². The Labute approximate surface area is 168 Å². The SMILES string of the molecule is Cc1nc(C(C)(C)NC(=O)c2nn(-c3cccc(C(F)(F)F)c3)c(C)cc2=O)no1. The Morgan fingerprint density at radius 2 is 1.87 bits per heavy atom. The average molecular weight is 421 g/mol. The summed E-state index contributed by atoms with van der Waals surface area (Å²) in [7, 11) is 0. The molecule has 0 radical (unpaired) electrons. The van der Waals surface area contributed by atoms with Gasteiger partial charge in [-0.15, -0.1) is 0 Å². The lowest BCUT2D eigenvalue weighted by Crippen LogP contribution is -2.44. The van der Waals surface area contributed by atoms with Crippen LogP contribution in [0.2, 0.25) is 0 Å². The van der Waals surface area contributed by atoms with E-state index in [2.05, 4.69) is 20.6 Å². The highest BCUT2D eigenvalue weighted by Crippen LogP contribution is 2.30. The summed E-state index contributed by atoms with van der Waals surface area (Å²) in [6, 6.07) is 5.56. The van der Waals surface area contributed by atoms with Gasteiger partial charge in [0.2, 0.25) is 11.3 Å². The number of aryl methyl sites for hydroxylation is 2. The van der Waals surface area contributed by atoms with Gasteiger partial charge >= 0.3 is 6.18 Å². The van der Waals surface area contributed by atoms with E-state index in [4.69, 9.17) is 4.52 Å². The maximum absolute atomic E-state index is 13.0. The highest BCUT2D eigenvalue weighted by molar-refractivity contribution is 5.92. The first-order chi connectivity index (χ1) is 13.9. The zero-order chi connectivity index (χ0) is 22.3. The number of nitrogens with zero attached hydrogens (tertiary/aromatic N) is 4. The zero-order valence-corrected chi connectivity index (χ0v) is 16.5. The molecule has 3 aromatic rings. The summed E-state index contributed by atoms with van der Waals surface area (Å²) < 4.78 is 45.1. The smallest absolute Gasteiger partial charge is 0.340 e. The molecule has 3 rings (SSSR count). The summed E-state index contributed by atoms with van der Waals surface area (Å²) in [5.41, 5.74) is -2.79. The summed E-state index contributed by atoms with van der Waals surface area (Å²) in [4.78, 5) is 29.1. The van der Waals surface area contributed by atoms with Crippen molar-refractivity contribution >= 4 is 5.91 Å². The monoisotopic (exact) mass is 421 g/mol. The van der Waals surface area contributed by atoms with Gasteiger partial charge in [0, 0.05) is 18.7 Å². The van der Waals surface area contributed by atoms with Crippen molar-refractivity contribution in [2.75, 3.05) is 0 Å². The summed E-state index contributed by atoms with van der Waals surface area (Å²) in [5.74, 6) is -0.334. The fraction of sp³-hybridized carbons (Fsp3) is 0.316. The Morgan fingerprint density at radius 3 is 2.47 bits per heavy atom. The third kappa shape index (κ3) is 4.24. The van der Waals surface area contributed by atoms with Crippen LogP contribution in [-0.2, 0) is 11.7 Å². The first-order valence-corrected chi connectivity index (χ1v) is 8.80. The number of aromatic nitrogens is 4. The van der Waals surface area contributed by atoms with Crippen LogP contribution >= 0.6 is 0 Å². The van der Waals surface area contributed by atoms with Crippen molar-refractivity contribution < 1.29 is 22.5 Å². The van der Waals surface area contributed by atoms with Gasteiger partial charge in [-0.3, -0.25) is 9.59 Å². The standard InChI is InChI=1S/C19H18F3N5O3/c1-10-8-14(28)15(16(29)24-18(3,4)17-23-11(2)30-26-17)25-27(10)13-7-5-6-12(9-13)19(20,21)22/h5-9H,1-4H3,(H,24,29). The molecule has 8 nitrogen and oxygen atoms in total. The predicted molar refractivity (Wildman–Crippen MR) is 99.1 cm³/mol. The number of amides is 1. The number of benzene rings is 1. The fourth-order valence-electron chi connectivity index (χ4n) is 2.73. The Balaban J connectivity index is 1.99. The minimum Gasteiger partial charge on any atom is -0.340 e. The molecule has 1 aromatic carbocycles. The van der Waals surface area contributed by atoms with Gasteiger partial charge in [-0.05, 0) is 39.0 Å². The molecule has 30 heavy (non-hydrogen) atoms. The summed E-state index contributed by atoms with van der Waals surface area (Å²) >= 11 is 0. The molecule has 0 saturated carbocycles. The van der Waals surface area contributed by atoms with Crippen molar-refractivity contribution in [2.24, 2.45) is 0 Å². The van der Waals surface area contributed by atoms with Gasteiger partial charge in [0.15, 0.2) is 11.5 Å². The van der Waals surface area contributed by atoms with Crippen LogP contribution in [0.1, 0.15) is 47.3 Å². The van der Waals surface area contributed by atoms with E-state index < -0.39 is 34.3 Å². The molecule has 1 N–H and O–H groups in total. The molecule has 11 heteroatoms. The Bertz CT molecular complexity index is 1160. The van der Waals surface area contributed by atoms with Crippen molar-refractivity contribution in [3.05, 3.63) is 69.2 Å². The molecule has 158 valence electrons. The number of rotatable bonds is 4. The van der Waals surface area contributed by atoms with Crippen LogP contribution in [-0.4, -0.2) is 25.8 Å². The number of alkyl halides is 3. The highest BCUT2D eigenvalue weighted by Gasteiger charge is 2.32. The number of carbonyl (C=O) groups is 1. The molecule has 0 aliphatic carbocycles. The molecule has 0 aliphatic heterocycles. The second-order valence-electron chi connectivity index (χ2n) is 7.17. The first kappa shape index (κ1) is 21.2. The van der Waals surface area contributed by atoms with Crippen LogP contribution in [0.4, 0.5) is 13.2 Å². The van der Waals surface area contributed by atoms with Gasteiger partial charge in [-0.25, -0.2) is 4.68 Å². The van der Waals surface area contributed by atoms with Gasteiger partial charge in [-0.2, -0.15) is 23.3 Å². The van der Waals surface area contributed by atoms with Gasteiger partial charge in [0.25, 0.3) is 5.91 Å². The number of halogens is 3. The van der Waals surface area contributed by atoms with Crippen molar-refractivity contribution in [2.45, 2.75) is 39.4 Å². The number of carbonyl (C=O) groups excluding carboxylic acids is 1. The lowest BCUT2D eigenvalue weighted by atomic mass is 10.0. The molecule has 1 amide bonds. The molecule has 0 saturated heterocycles. The molecule has 0 bridgehead atoms. The highest BCUT2D eigenvalue weighted by atomic mass is 19.4. The van der Waals surface area contributed by atoms with Crippen LogP contribution in [0.15, 0.2) is 39.6 Å². The summed E-state index contributed by atoms with van der Waals surface area (Å²) in [6.07, 6.45) is -4.55. The molecule has 2 heterocycles. The number of hydrogen-bond acceptors (Lipinski definition) is 6. The van der Waals surface area contributed by atoms with E-state index in [1.54, 1.807) is 20.8 Å². The van der Waals surface area contributed by atoms with Crippen molar-refractivity contribution in [3.63, 3.8) is 0 Å². The molecular formula is C19H18F3N5O3. The molecule has 0 fully saturated rings. The third-order valence-corrected chi connectivity index (χ3v) is 4.25. The maximum Gasteiger partial charge on any atom is 0.416 e. The fourth-order valence-corrected chi connectivity index (χ4v) is 2.73.